The van der Waals surface area contributed by atoms with Gasteiger partial charge in [-0.05, 0) is 11.0 Å². The Kier molecular flexibility index (Phi) is 3.10. The summed E-state index contributed by atoms with van der Waals surface area (Å²) in [6.07, 6.45) is 0. The number of nitrogens with two attached hydrogens (primary N) is 1. The first-order valence-corrected chi connectivity index (χ1v) is 4.74. The number of hydrogen-bond donors (Lipinski definition) is 1. The van der Waals surface area contributed by atoms with Crippen LogP contribution in [0.4, 0.5) is 0 Å². The average Bonchev–Trinajstić information content (AvgIpc) is 2.04. The van der Waals surface area contributed by atoms with Gasteiger partial charge in [-0.3, -0.25) is 0 Å². The Labute approximate surface area is 81.2 Å². The van der Waals surface area contributed by atoms with E-state index < -0.39 is 0 Å². The first kappa shape index (κ1) is 10.3. The Bertz CT molecular complexity index is 253. The molecule has 0 heterocycles. The summed E-state index contributed by atoms with van der Waals surface area (Å²) >= 11 is 0. The highest BCUT2D eigenvalue weighted by Gasteiger charge is 2.12. The molecule has 0 aliphatic heterocycles. The molecule has 0 bridgehead atoms. The minimum atomic E-state index is 0.257. The van der Waals surface area contributed by atoms with Gasteiger partial charge in [-0.15, -0.1) is 0 Å². The van der Waals surface area contributed by atoms with E-state index in [9.17, 15) is 0 Å². The van der Waals surface area contributed by atoms with Gasteiger partial charge in [-0.25, -0.2) is 0 Å². The topological polar surface area (TPSA) is 16.6 Å². The first-order valence-electron chi connectivity index (χ1n) is 4.74. The van der Waals surface area contributed by atoms with Crippen molar-refractivity contribution >= 4 is 0 Å². The fourth-order valence-electron chi connectivity index (χ4n) is 1.31. The predicted molar refractivity (Wildman–Crippen MR) is 56.1 cm³/mol. The molecule has 0 atom stereocenters. The van der Waals surface area contributed by atoms with Crippen LogP contribution in [0, 0.1) is 7.05 Å². The van der Waals surface area contributed by atoms with Crippen LogP contribution in [0.5, 0.6) is 0 Å². The second-order valence-electron chi connectivity index (χ2n) is 4.44. The molecule has 0 amide bonds. The van der Waals surface area contributed by atoms with E-state index in [1.54, 1.807) is 0 Å². The van der Waals surface area contributed by atoms with E-state index in [2.05, 4.69) is 52.1 Å². The van der Waals surface area contributed by atoms with Gasteiger partial charge in [0.15, 0.2) is 0 Å². The third kappa shape index (κ3) is 2.85. The molecule has 0 aliphatic carbocycles. The minimum Gasteiger partial charge on any atom is -0.475 e. The zero-order valence-electron chi connectivity index (χ0n) is 8.80. The molecule has 1 aromatic rings. The maximum atomic E-state index is 3.73. The third-order valence-electron chi connectivity index (χ3n) is 2.20. The van der Waals surface area contributed by atoms with Gasteiger partial charge in [0.05, 0.1) is 6.54 Å². The molecule has 1 nitrogen and oxygen atoms in total. The van der Waals surface area contributed by atoms with Gasteiger partial charge in [0.25, 0.3) is 0 Å². The van der Waals surface area contributed by atoms with E-state index in [-0.39, 0.29) is 5.41 Å². The Morgan fingerprint density at radius 3 is 2.08 bits per heavy atom. The molecule has 0 radical (unpaired) electrons. The molecule has 0 saturated heterocycles. The predicted octanol–water partition coefficient (Wildman–Crippen LogP) is 1.84. The van der Waals surface area contributed by atoms with Crippen LogP contribution in [0.2, 0.25) is 0 Å². The number of hydrogen-bond acceptors (Lipinski definition) is 0. The number of benzene rings is 1. The average molecular weight is 177 g/mol. The van der Waals surface area contributed by atoms with Crippen LogP contribution in [-0.2, 0) is 12.0 Å². The third-order valence-corrected chi connectivity index (χ3v) is 2.20. The minimum absolute atomic E-state index is 0.257. The van der Waals surface area contributed by atoms with Gasteiger partial charge >= 0.3 is 0 Å². The van der Waals surface area contributed by atoms with E-state index >= 15 is 0 Å². The molecule has 1 aromatic carbocycles. The summed E-state index contributed by atoms with van der Waals surface area (Å²) in [6, 6.07) is 8.78. The van der Waals surface area contributed by atoms with Crippen molar-refractivity contribution in [2.75, 3.05) is 0 Å². The van der Waals surface area contributed by atoms with E-state index in [1.165, 1.54) is 11.1 Å². The van der Waals surface area contributed by atoms with Gasteiger partial charge < -0.3 is 5.32 Å². The van der Waals surface area contributed by atoms with Crippen molar-refractivity contribution in [3.8, 4) is 0 Å². The van der Waals surface area contributed by atoms with Crippen molar-refractivity contribution in [3.63, 3.8) is 0 Å². The molecule has 0 aliphatic rings. The van der Waals surface area contributed by atoms with Crippen LogP contribution in [-0.4, -0.2) is 0 Å². The second-order valence-corrected chi connectivity index (χ2v) is 4.44. The maximum absolute atomic E-state index is 3.73. The van der Waals surface area contributed by atoms with E-state index in [0.717, 1.165) is 6.54 Å². The molecule has 72 valence electrons. The fraction of sp³-hybridized carbons (Fsp3) is 0.417. The molecule has 0 fully saturated rings. The first-order chi connectivity index (χ1) is 6.04. The zero-order chi connectivity index (χ0) is 9.90. The Morgan fingerprint density at radius 2 is 1.69 bits per heavy atom. The summed E-state index contributed by atoms with van der Waals surface area (Å²) in [5, 5.41) is 1.94. The molecule has 0 aromatic heterocycles. The molecule has 1 rings (SSSR count). The van der Waals surface area contributed by atoms with Gasteiger partial charge in [0.2, 0.25) is 0 Å². The SMILES string of the molecule is [CH2-][NH2+]Cc1ccc(C(C)(C)C)cc1. The van der Waals surface area contributed by atoms with Crippen LogP contribution in [0.3, 0.4) is 0 Å². The van der Waals surface area contributed by atoms with Crippen LogP contribution in [0.15, 0.2) is 24.3 Å². The van der Waals surface area contributed by atoms with Gasteiger partial charge in [0, 0.05) is 5.56 Å². The van der Waals surface area contributed by atoms with Crippen LogP contribution in [0.1, 0.15) is 31.9 Å². The lowest BCUT2D eigenvalue weighted by Crippen LogP contribution is -2.74. The summed E-state index contributed by atoms with van der Waals surface area (Å²) in [5.74, 6) is 0. The van der Waals surface area contributed by atoms with Crippen LogP contribution >= 0.6 is 0 Å². The van der Waals surface area contributed by atoms with Crippen molar-refractivity contribution in [2.45, 2.75) is 32.7 Å². The lowest BCUT2D eigenvalue weighted by Gasteiger charge is -2.19. The summed E-state index contributed by atoms with van der Waals surface area (Å²) < 4.78 is 0. The summed E-state index contributed by atoms with van der Waals surface area (Å²) in [7, 11) is 3.73. The molecular weight excluding hydrogens is 158 g/mol. The molecule has 2 N–H and O–H groups in total. The van der Waals surface area contributed by atoms with Crippen molar-refractivity contribution < 1.29 is 5.32 Å². The Hall–Kier alpha value is -0.820. The Morgan fingerprint density at radius 1 is 1.15 bits per heavy atom. The summed E-state index contributed by atoms with van der Waals surface area (Å²) in [6.45, 7) is 7.66. The molecule has 0 spiro atoms. The van der Waals surface area contributed by atoms with E-state index in [1.807, 2.05) is 5.32 Å². The maximum Gasteiger partial charge on any atom is 0.0773 e. The fourth-order valence-corrected chi connectivity index (χ4v) is 1.31. The van der Waals surface area contributed by atoms with Gasteiger partial charge in [-0.1, -0.05) is 45.0 Å². The van der Waals surface area contributed by atoms with E-state index in [0.29, 0.717) is 0 Å². The van der Waals surface area contributed by atoms with Crippen molar-refractivity contribution in [3.05, 3.63) is 42.4 Å². The number of rotatable bonds is 2. The summed E-state index contributed by atoms with van der Waals surface area (Å²) in [4.78, 5) is 0. The normalized spacial score (nSPS) is 11.7. The highest BCUT2D eigenvalue weighted by Crippen LogP contribution is 2.21. The lowest BCUT2D eigenvalue weighted by molar-refractivity contribution is -0.612. The van der Waals surface area contributed by atoms with Gasteiger partial charge in [0.1, 0.15) is 0 Å². The molecule has 0 unspecified atom stereocenters. The van der Waals surface area contributed by atoms with Crippen LogP contribution < -0.4 is 5.32 Å². The molecule has 1 heteroatoms. The largest absolute Gasteiger partial charge is 0.475 e. The lowest BCUT2D eigenvalue weighted by atomic mass is 9.87. The van der Waals surface area contributed by atoms with Gasteiger partial charge in [-0.2, -0.15) is 7.05 Å². The molecule has 13 heavy (non-hydrogen) atoms. The monoisotopic (exact) mass is 177 g/mol. The van der Waals surface area contributed by atoms with Crippen LogP contribution in [0.25, 0.3) is 0 Å². The highest BCUT2D eigenvalue weighted by molar-refractivity contribution is 5.26. The van der Waals surface area contributed by atoms with E-state index in [4.69, 9.17) is 0 Å². The van der Waals surface area contributed by atoms with Crippen molar-refractivity contribution in [1.29, 1.82) is 0 Å². The van der Waals surface area contributed by atoms with Crippen molar-refractivity contribution in [1.82, 2.24) is 0 Å². The smallest absolute Gasteiger partial charge is 0.0773 e. The highest BCUT2D eigenvalue weighted by atomic mass is 14.8. The second kappa shape index (κ2) is 3.93. The quantitative estimate of drug-likeness (QED) is 0.664. The standard InChI is InChI=1S/C12H19N/c1-12(2,3)11-7-5-10(6-8-11)9-13-4/h5-8H,4,9,13H2,1-3H3. The Balaban J connectivity index is 2.81. The van der Waals surface area contributed by atoms with Crippen molar-refractivity contribution in [2.24, 2.45) is 0 Å². The number of quaternary nitrogens is 1. The summed E-state index contributed by atoms with van der Waals surface area (Å²) in [5.41, 5.74) is 2.98. The molecule has 0 saturated carbocycles. The zero-order valence-corrected chi connectivity index (χ0v) is 8.80. The molecular formula is C12H19N.